The first-order valence-corrected chi connectivity index (χ1v) is 9.46. The van der Waals surface area contributed by atoms with Crippen LogP contribution in [-0.4, -0.2) is 28.0 Å². The third-order valence-corrected chi connectivity index (χ3v) is 4.81. The Morgan fingerprint density at radius 2 is 1.63 bits per heavy atom. The summed E-state index contributed by atoms with van der Waals surface area (Å²) in [5.41, 5.74) is 1.97. The highest BCUT2D eigenvalue weighted by atomic mass is 16.5. The molecule has 7 heteroatoms. The van der Waals surface area contributed by atoms with Gasteiger partial charge in [0, 0.05) is 0 Å². The van der Waals surface area contributed by atoms with E-state index in [1.165, 1.54) is 0 Å². The summed E-state index contributed by atoms with van der Waals surface area (Å²) in [5, 5.41) is 11.4. The van der Waals surface area contributed by atoms with E-state index in [0.29, 0.717) is 10.9 Å². The van der Waals surface area contributed by atoms with Crippen molar-refractivity contribution in [2.45, 2.75) is 12.6 Å². The largest absolute Gasteiger partial charge is 0.497 e. The van der Waals surface area contributed by atoms with E-state index in [9.17, 15) is 9.59 Å². The minimum Gasteiger partial charge on any atom is -0.497 e. The molecule has 1 heterocycles. The summed E-state index contributed by atoms with van der Waals surface area (Å²) in [6.07, 6.45) is 0. The molecule has 7 nitrogen and oxygen atoms in total. The van der Waals surface area contributed by atoms with Gasteiger partial charge in [0.05, 0.1) is 18.5 Å². The minimum absolute atomic E-state index is 0.226. The number of carbonyl (C=O) groups is 1. The number of carbonyl (C=O) groups excluding carboxylic acids is 1. The second-order valence-corrected chi connectivity index (χ2v) is 6.75. The number of hydrogen-bond acceptors (Lipinski definition) is 5. The van der Waals surface area contributed by atoms with Crippen LogP contribution in [0.25, 0.3) is 10.9 Å². The van der Waals surface area contributed by atoms with Gasteiger partial charge in [0.15, 0.2) is 0 Å². The van der Waals surface area contributed by atoms with Crippen molar-refractivity contribution < 1.29 is 9.53 Å². The number of fused-ring (bicyclic) bond motifs is 1. The molecule has 0 saturated heterocycles. The van der Waals surface area contributed by atoms with Gasteiger partial charge in [-0.25, -0.2) is 4.68 Å². The number of methoxy groups -OCH3 is 1. The van der Waals surface area contributed by atoms with Gasteiger partial charge in [-0.2, -0.15) is 0 Å². The lowest BCUT2D eigenvalue weighted by Gasteiger charge is -2.20. The average molecular weight is 400 g/mol. The summed E-state index contributed by atoms with van der Waals surface area (Å²) in [4.78, 5) is 25.4. The van der Waals surface area contributed by atoms with E-state index in [1.54, 1.807) is 31.4 Å². The van der Waals surface area contributed by atoms with Gasteiger partial charge in [-0.05, 0) is 35.4 Å². The smallest absolute Gasteiger partial charge is 0.278 e. The molecule has 1 aromatic heterocycles. The Morgan fingerprint density at radius 1 is 0.967 bits per heavy atom. The molecule has 0 radical (unpaired) electrons. The van der Waals surface area contributed by atoms with Crippen LogP contribution in [0.3, 0.4) is 0 Å². The number of hydrogen-bond donors (Lipinski definition) is 1. The van der Waals surface area contributed by atoms with E-state index in [-0.39, 0.29) is 24.1 Å². The molecule has 4 aromatic rings. The summed E-state index contributed by atoms with van der Waals surface area (Å²) in [6.45, 7) is -0.226. The number of benzene rings is 3. The van der Waals surface area contributed by atoms with Crippen molar-refractivity contribution in [2.75, 3.05) is 7.11 Å². The first-order valence-electron chi connectivity index (χ1n) is 9.46. The van der Waals surface area contributed by atoms with E-state index in [1.807, 2.05) is 54.6 Å². The molecule has 0 fully saturated rings. The molecule has 1 atom stereocenters. The van der Waals surface area contributed by atoms with Crippen molar-refractivity contribution in [1.82, 2.24) is 20.3 Å². The fraction of sp³-hybridized carbons (Fsp3) is 0.130. The predicted molar refractivity (Wildman–Crippen MR) is 113 cm³/mol. The van der Waals surface area contributed by atoms with Gasteiger partial charge in [-0.3, -0.25) is 9.59 Å². The molecule has 1 amide bonds. The number of nitrogens with zero attached hydrogens (tertiary/aromatic N) is 3. The van der Waals surface area contributed by atoms with E-state index in [0.717, 1.165) is 21.6 Å². The number of aromatic nitrogens is 3. The molecule has 0 unspecified atom stereocenters. The Bertz CT molecular complexity index is 1220. The zero-order valence-electron chi connectivity index (χ0n) is 16.4. The van der Waals surface area contributed by atoms with Crippen molar-refractivity contribution >= 4 is 16.8 Å². The topological polar surface area (TPSA) is 86.1 Å². The lowest BCUT2D eigenvalue weighted by Crippen LogP contribution is -2.36. The van der Waals surface area contributed by atoms with Gasteiger partial charge in [0.25, 0.3) is 5.56 Å². The highest BCUT2D eigenvalue weighted by Gasteiger charge is 2.18. The normalized spacial score (nSPS) is 11.8. The molecular formula is C23H20N4O3. The van der Waals surface area contributed by atoms with E-state index in [4.69, 9.17) is 4.74 Å². The van der Waals surface area contributed by atoms with Crippen LogP contribution >= 0.6 is 0 Å². The zero-order valence-corrected chi connectivity index (χ0v) is 16.4. The molecular weight excluding hydrogens is 380 g/mol. The fourth-order valence-electron chi connectivity index (χ4n) is 3.27. The molecule has 1 N–H and O–H groups in total. The van der Waals surface area contributed by atoms with Crippen LogP contribution in [0.15, 0.2) is 83.7 Å². The van der Waals surface area contributed by atoms with Gasteiger partial charge in [-0.15, -0.1) is 5.10 Å². The maximum atomic E-state index is 12.8. The number of amides is 1. The molecule has 0 aliphatic heterocycles. The monoisotopic (exact) mass is 400 g/mol. The van der Waals surface area contributed by atoms with Crippen LogP contribution < -0.4 is 15.6 Å². The SMILES string of the molecule is COc1ccc([C@@H](NC(=O)Cn2nnc3ccccc3c2=O)c2ccccc2)cc1. The first kappa shape index (κ1) is 19.3. The van der Waals surface area contributed by atoms with Gasteiger partial charge in [0.1, 0.15) is 17.8 Å². The van der Waals surface area contributed by atoms with Gasteiger partial charge < -0.3 is 10.1 Å². The summed E-state index contributed by atoms with van der Waals surface area (Å²) in [7, 11) is 1.60. The Hall–Kier alpha value is -4.00. The van der Waals surface area contributed by atoms with Gasteiger partial charge in [0.2, 0.25) is 5.91 Å². The summed E-state index contributed by atoms with van der Waals surface area (Å²) >= 11 is 0. The Morgan fingerprint density at radius 3 is 2.37 bits per heavy atom. The van der Waals surface area contributed by atoms with Crippen molar-refractivity contribution in [3.63, 3.8) is 0 Å². The molecule has 30 heavy (non-hydrogen) atoms. The molecule has 4 rings (SSSR count). The maximum Gasteiger partial charge on any atom is 0.278 e. The molecule has 0 aliphatic rings. The number of ether oxygens (including phenoxy) is 1. The Labute approximate surface area is 172 Å². The molecule has 0 aliphatic carbocycles. The van der Waals surface area contributed by atoms with E-state index >= 15 is 0 Å². The third-order valence-electron chi connectivity index (χ3n) is 4.81. The van der Waals surface area contributed by atoms with Crippen LogP contribution in [0.2, 0.25) is 0 Å². The second kappa shape index (κ2) is 8.57. The molecule has 0 saturated carbocycles. The van der Waals surface area contributed by atoms with Crippen molar-refractivity contribution in [1.29, 1.82) is 0 Å². The summed E-state index contributed by atoms with van der Waals surface area (Å²) < 4.78 is 6.30. The van der Waals surface area contributed by atoms with Crippen LogP contribution in [0.4, 0.5) is 0 Å². The average Bonchev–Trinajstić information content (AvgIpc) is 2.80. The quantitative estimate of drug-likeness (QED) is 0.538. The predicted octanol–water partition coefficient (Wildman–Crippen LogP) is 2.71. The van der Waals surface area contributed by atoms with E-state index < -0.39 is 0 Å². The minimum atomic E-state index is -0.381. The van der Waals surface area contributed by atoms with Crippen molar-refractivity contribution in [2.24, 2.45) is 0 Å². The molecule has 3 aromatic carbocycles. The highest BCUT2D eigenvalue weighted by molar-refractivity contribution is 5.78. The van der Waals surface area contributed by atoms with Crippen molar-refractivity contribution in [3.8, 4) is 5.75 Å². The fourth-order valence-corrected chi connectivity index (χ4v) is 3.27. The van der Waals surface area contributed by atoms with Gasteiger partial charge in [-0.1, -0.05) is 59.8 Å². The first-order chi connectivity index (χ1) is 14.7. The van der Waals surface area contributed by atoms with Crippen molar-refractivity contribution in [3.05, 3.63) is 100 Å². The van der Waals surface area contributed by atoms with Crippen LogP contribution in [0.1, 0.15) is 17.2 Å². The maximum absolute atomic E-state index is 12.8. The zero-order chi connectivity index (χ0) is 20.9. The van der Waals surface area contributed by atoms with Crippen LogP contribution in [0, 0.1) is 0 Å². The molecule has 0 spiro atoms. The summed E-state index contributed by atoms with van der Waals surface area (Å²) in [6, 6.07) is 23.7. The van der Waals surface area contributed by atoms with Gasteiger partial charge >= 0.3 is 0 Å². The lowest BCUT2D eigenvalue weighted by molar-refractivity contribution is -0.122. The van der Waals surface area contributed by atoms with Crippen LogP contribution in [0.5, 0.6) is 5.75 Å². The second-order valence-electron chi connectivity index (χ2n) is 6.75. The Kier molecular flexibility index (Phi) is 5.52. The van der Waals surface area contributed by atoms with Crippen LogP contribution in [-0.2, 0) is 11.3 Å². The van der Waals surface area contributed by atoms with E-state index in [2.05, 4.69) is 15.6 Å². The standard InChI is InChI=1S/C23H20N4O3/c1-30-18-13-11-17(12-14-18)22(16-7-3-2-4-8-16)24-21(28)15-27-23(29)19-9-5-6-10-20(19)25-26-27/h2-14,22H,15H2,1H3,(H,24,28)/t22-/m0/s1. The number of nitrogens with one attached hydrogen (secondary N) is 1. The Balaban J connectivity index is 1.60. The summed E-state index contributed by atoms with van der Waals surface area (Å²) in [5.74, 6) is 0.390. The third kappa shape index (κ3) is 4.05. The highest BCUT2D eigenvalue weighted by Crippen LogP contribution is 2.24. The molecule has 150 valence electrons. The number of rotatable bonds is 6. The molecule has 0 bridgehead atoms. The lowest BCUT2D eigenvalue weighted by atomic mass is 9.98.